The van der Waals surface area contributed by atoms with Gasteiger partial charge in [-0.2, -0.15) is 0 Å². The number of rotatable bonds is 7. The Kier molecular flexibility index (Phi) is 7.20. The molecule has 0 atom stereocenters. The van der Waals surface area contributed by atoms with Gasteiger partial charge in [0.05, 0.1) is 12.0 Å². The van der Waals surface area contributed by atoms with Gasteiger partial charge in [0.1, 0.15) is 5.75 Å². The van der Waals surface area contributed by atoms with Crippen molar-refractivity contribution < 1.29 is 17.9 Å². The Hall–Kier alpha value is -3.03. The van der Waals surface area contributed by atoms with E-state index in [1.807, 2.05) is 61.5 Å². The maximum atomic E-state index is 13.2. The van der Waals surface area contributed by atoms with Gasteiger partial charge in [-0.1, -0.05) is 59.8 Å². The van der Waals surface area contributed by atoms with Crippen LogP contribution < -0.4 is 4.74 Å². The van der Waals surface area contributed by atoms with E-state index in [0.29, 0.717) is 4.91 Å². The minimum Gasteiger partial charge on any atom is -0.497 e. The molecule has 160 valence electrons. The van der Waals surface area contributed by atoms with Gasteiger partial charge in [-0.25, -0.2) is 12.7 Å². The smallest absolute Gasteiger partial charge is 0.270 e. The van der Waals surface area contributed by atoms with Crippen molar-refractivity contribution in [3.05, 3.63) is 96.2 Å². The number of hydrogen-bond acceptors (Lipinski definition) is 5. The fourth-order valence-corrected chi connectivity index (χ4v) is 5.09. The molecule has 0 saturated carbocycles. The average molecular weight is 454 g/mol. The third-order valence-corrected chi connectivity index (χ3v) is 7.29. The predicted molar refractivity (Wildman–Crippen MR) is 124 cm³/mol. The van der Waals surface area contributed by atoms with E-state index in [1.165, 1.54) is 37.0 Å². The number of sulfonamides is 1. The molecule has 0 bridgehead atoms. The van der Waals surface area contributed by atoms with Crippen LogP contribution in [0.4, 0.5) is 0 Å². The third-order valence-electron chi connectivity index (χ3n) is 4.47. The van der Waals surface area contributed by atoms with E-state index in [4.69, 9.17) is 4.74 Å². The summed E-state index contributed by atoms with van der Waals surface area (Å²) in [7, 11) is -2.45. The normalized spacial score (nSPS) is 11.8. The van der Waals surface area contributed by atoms with Gasteiger partial charge in [-0.05, 0) is 48.9 Å². The van der Waals surface area contributed by atoms with Crippen LogP contribution in [-0.4, -0.2) is 25.7 Å². The van der Waals surface area contributed by atoms with Crippen LogP contribution in [0, 0.1) is 6.92 Å². The maximum Gasteiger partial charge on any atom is 0.270 e. The lowest BCUT2D eigenvalue weighted by atomic mass is 10.2. The first-order valence-corrected chi connectivity index (χ1v) is 11.8. The van der Waals surface area contributed by atoms with Crippen molar-refractivity contribution >= 4 is 32.6 Å². The number of carbonyl (C=O) groups excluding carboxylic acids is 1. The molecule has 31 heavy (non-hydrogen) atoms. The highest BCUT2D eigenvalue weighted by atomic mass is 32.2. The second kappa shape index (κ2) is 9.85. The Morgan fingerprint density at radius 3 is 2.10 bits per heavy atom. The van der Waals surface area contributed by atoms with Crippen LogP contribution >= 0.6 is 11.8 Å². The van der Waals surface area contributed by atoms with Gasteiger partial charge in [0.25, 0.3) is 10.0 Å². The molecule has 0 fully saturated rings. The summed E-state index contributed by atoms with van der Waals surface area (Å²) in [6.45, 7) is 3.11. The lowest BCUT2D eigenvalue weighted by molar-refractivity contribution is -0.122. The minimum absolute atomic E-state index is 0.0615. The van der Waals surface area contributed by atoms with E-state index < -0.39 is 15.9 Å². The number of aryl methyl sites for hydroxylation is 1. The van der Waals surface area contributed by atoms with Crippen LogP contribution in [0.1, 0.15) is 18.1 Å². The van der Waals surface area contributed by atoms with Crippen molar-refractivity contribution in [2.24, 2.45) is 0 Å². The third kappa shape index (κ3) is 5.57. The fraction of sp³-hybridized carbons (Fsp3) is 0.125. The molecule has 0 aromatic heterocycles. The number of nitrogens with zero attached hydrogens (tertiary/aromatic N) is 1. The zero-order valence-electron chi connectivity index (χ0n) is 17.5. The van der Waals surface area contributed by atoms with Gasteiger partial charge in [0.15, 0.2) is 0 Å². The largest absolute Gasteiger partial charge is 0.497 e. The van der Waals surface area contributed by atoms with E-state index in [9.17, 15) is 13.2 Å². The Balaban J connectivity index is 2.06. The second-order valence-corrected chi connectivity index (χ2v) is 9.70. The minimum atomic E-state index is -4.05. The first-order chi connectivity index (χ1) is 14.8. The van der Waals surface area contributed by atoms with Crippen molar-refractivity contribution in [2.75, 3.05) is 7.11 Å². The molecule has 0 radical (unpaired) electrons. The summed E-state index contributed by atoms with van der Waals surface area (Å²) < 4.78 is 32.4. The predicted octanol–water partition coefficient (Wildman–Crippen LogP) is 5.33. The van der Waals surface area contributed by atoms with E-state index in [0.717, 1.165) is 26.1 Å². The summed E-state index contributed by atoms with van der Waals surface area (Å²) in [5.41, 5.74) is 1.73. The van der Waals surface area contributed by atoms with Crippen LogP contribution in [0.15, 0.2) is 94.9 Å². The number of carbonyl (C=O) groups is 1. The molecule has 1 amide bonds. The highest BCUT2D eigenvalue weighted by Crippen LogP contribution is 2.36. The number of benzene rings is 3. The summed E-state index contributed by atoms with van der Waals surface area (Å²) in [6, 6.07) is 23.2. The lowest BCUT2D eigenvalue weighted by Gasteiger charge is -2.19. The van der Waals surface area contributed by atoms with Crippen molar-refractivity contribution in [3.8, 4) is 5.75 Å². The van der Waals surface area contributed by atoms with Gasteiger partial charge in [-0.3, -0.25) is 4.79 Å². The molecule has 7 heteroatoms. The van der Waals surface area contributed by atoms with Crippen molar-refractivity contribution in [1.82, 2.24) is 4.31 Å². The summed E-state index contributed by atoms with van der Waals surface area (Å²) >= 11 is 1.37. The summed E-state index contributed by atoms with van der Waals surface area (Å²) in [5, 5.41) is 0. The molecular formula is C24H23NO4S2. The van der Waals surface area contributed by atoms with E-state index in [2.05, 4.69) is 0 Å². The van der Waals surface area contributed by atoms with Gasteiger partial charge in [0.2, 0.25) is 5.91 Å². The number of amides is 1. The van der Waals surface area contributed by atoms with E-state index >= 15 is 0 Å². The first kappa shape index (κ1) is 22.7. The van der Waals surface area contributed by atoms with Crippen LogP contribution in [0.2, 0.25) is 0 Å². The fourth-order valence-electron chi connectivity index (χ4n) is 2.79. The first-order valence-electron chi connectivity index (χ1n) is 9.52. The van der Waals surface area contributed by atoms with Crippen LogP contribution in [-0.2, 0) is 14.8 Å². The molecule has 5 nitrogen and oxygen atoms in total. The Labute approximate surface area is 187 Å². The van der Waals surface area contributed by atoms with E-state index in [1.54, 1.807) is 19.2 Å². The zero-order chi connectivity index (χ0) is 22.4. The topological polar surface area (TPSA) is 63.7 Å². The quantitative estimate of drug-likeness (QED) is 0.452. The molecule has 0 unspecified atom stereocenters. The van der Waals surface area contributed by atoms with Gasteiger partial charge >= 0.3 is 0 Å². The van der Waals surface area contributed by atoms with Gasteiger partial charge in [0, 0.05) is 22.9 Å². The van der Waals surface area contributed by atoms with E-state index in [-0.39, 0.29) is 4.90 Å². The monoisotopic (exact) mass is 453 g/mol. The molecule has 0 aliphatic heterocycles. The second-order valence-electron chi connectivity index (χ2n) is 6.77. The number of methoxy groups -OCH3 is 1. The summed E-state index contributed by atoms with van der Waals surface area (Å²) in [4.78, 5) is 14.0. The summed E-state index contributed by atoms with van der Waals surface area (Å²) in [6.07, 6.45) is 1.39. The molecule has 3 rings (SSSR count). The molecule has 3 aromatic carbocycles. The van der Waals surface area contributed by atoms with Crippen LogP contribution in [0.5, 0.6) is 5.75 Å². The maximum absolute atomic E-state index is 13.2. The molecule has 0 aliphatic rings. The molecule has 0 spiro atoms. The Morgan fingerprint density at radius 1 is 0.935 bits per heavy atom. The van der Waals surface area contributed by atoms with Crippen molar-refractivity contribution in [2.45, 2.75) is 23.6 Å². The number of thioether (sulfide) groups is 1. The number of hydrogen-bond donors (Lipinski definition) is 0. The molecule has 0 aliphatic carbocycles. The molecule has 3 aromatic rings. The van der Waals surface area contributed by atoms with Crippen molar-refractivity contribution in [1.29, 1.82) is 0 Å². The molecular weight excluding hydrogens is 430 g/mol. The van der Waals surface area contributed by atoms with Crippen molar-refractivity contribution in [3.63, 3.8) is 0 Å². The van der Waals surface area contributed by atoms with Gasteiger partial charge < -0.3 is 4.74 Å². The average Bonchev–Trinajstić information content (AvgIpc) is 2.77. The summed E-state index contributed by atoms with van der Waals surface area (Å²) in [5.74, 6) is 0.131. The SMILES string of the molecule is COc1ccc(S/C(=C\N(C(C)=O)S(=O)(=O)c2ccc(C)cc2)c2ccccc2)cc1. The van der Waals surface area contributed by atoms with Crippen LogP contribution in [0.25, 0.3) is 4.91 Å². The number of ether oxygens (including phenoxy) is 1. The molecule has 0 N–H and O–H groups in total. The molecule has 0 heterocycles. The highest BCUT2D eigenvalue weighted by Gasteiger charge is 2.26. The highest BCUT2D eigenvalue weighted by molar-refractivity contribution is 8.08. The Morgan fingerprint density at radius 2 is 1.55 bits per heavy atom. The lowest BCUT2D eigenvalue weighted by Crippen LogP contribution is -2.30. The Bertz CT molecular complexity index is 1170. The standard InChI is InChI=1S/C24H23NO4S2/c1-18-9-15-23(16-10-18)31(27,28)25(19(2)26)17-24(20-7-5-4-6-8-20)30-22-13-11-21(29-3)12-14-22/h4-17H,1-3H3/b24-17-. The van der Waals surface area contributed by atoms with Crippen LogP contribution in [0.3, 0.4) is 0 Å². The molecule has 0 saturated heterocycles. The van der Waals surface area contributed by atoms with Gasteiger partial charge in [-0.15, -0.1) is 0 Å². The zero-order valence-corrected chi connectivity index (χ0v) is 19.1.